The maximum Gasteiger partial charge on any atom is 0.508 e. The van der Waals surface area contributed by atoms with Crippen LogP contribution < -0.4 is 11.4 Å². The number of nitrogen functional groups attached to an aromatic ring is 1. The molecule has 1 aromatic heterocycles. The largest absolute Gasteiger partial charge is 0.508 e. The van der Waals surface area contributed by atoms with Crippen LogP contribution in [0, 0.1) is 17.2 Å². The zero-order valence-corrected chi connectivity index (χ0v) is 16.2. The summed E-state index contributed by atoms with van der Waals surface area (Å²) in [4.78, 5) is 27.3. The van der Waals surface area contributed by atoms with Crippen molar-refractivity contribution in [3.63, 3.8) is 0 Å². The number of rotatable bonds is 10. The summed E-state index contributed by atoms with van der Waals surface area (Å²) in [5, 5.41) is 9.34. The summed E-state index contributed by atoms with van der Waals surface area (Å²) in [6.45, 7) is 2.45. The van der Waals surface area contributed by atoms with Gasteiger partial charge in [0.1, 0.15) is 12.4 Å². The fourth-order valence-corrected chi connectivity index (χ4v) is 3.09. The van der Waals surface area contributed by atoms with Gasteiger partial charge in [0.2, 0.25) is 0 Å². The molecular weight excluding hydrogens is 364 g/mol. The first kappa shape index (κ1) is 21.7. The molecule has 0 unspecified atom stereocenters. The van der Waals surface area contributed by atoms with E-state index in [-0.39, 0.29) is 12.4 Å². The third-order valence-corrected chi connectivity index (χ3v) is 4.59. The van der Waals surface area contributed by atoms with Crippen molar-refractivity contribution >= 4 is 12.0 Å². The van der Waals surface area contributed by atoms with Crippen LogP contribution >= 0.6 is 0 Å². The number of hydrogen-bond donors (Lipinski definition) is 1. The highest BCUT2D eigenvalue weighted by Gasteiger charge is 2.38. The van der Waals surface area contributed by atoms with Crippen molar-refractivity contribution in [1.82, 2.24) is 9.55 Å². The number of carbonyl (C=O) groups is 1. The molecule has 0 radical (unpaired) electrons. The lowest BCUT2D eigenvalue weighted by atomic mass is 10.1. The first-order valence-corrected chi connectivity index (χ1v) is 9.74. The Hall–Kier alpha value is -2.60. The molecule has 3 atom stereocenters. The van der Waals surface area contributed by atoms with Gasteiger partial charge in [-0.05, 0) is 18.9 Å². The number of nitrogens with two attached hydrogens (primary N) is 1. The van der Waals surface area contributed by atoms with E-state index in [0.29, 0.717) is 13.0 Å². The predicted molar refractivity (Wildman–Crippen MR) is 101 cm³/mol. The van der Waals surface area contributed by atoms with Gasteiger partial charge in [0.05, 0.1) is 24.7 Å². The van der Waals surface area contributed by atoms with Crippen LogP contribution in [0.1, 0.15) is 58.1 Å². The second-order valence-electron chi connectivity index (χ2n) is 6.84. The van der Waals surface area contributed by atoms with Crippen molar-refractivity contribution in [3.05, 3.63) is 22.7 Å². The monoisotopic (exact) mass is 392 g/mol. The second kappa shape index (κ2) is 11.3. The molecule has 1 aromatic rings. The van der Waals surface area contributed by atoms with Gasteiger partial charge in [0.15, 0.2) is 6.23 Å². The third-order valence-electron chi connectivity index (χ3n) is 4.59. The number of aromatic nitrogens is 2. The Morgan fingerprint density at radius 1 is 1.36 bits per heavy atom. The summed E-state index contributed by atoms with van der Waals surface area (Å²) in [6, 6.07) is 3.58. The molecule has 2 rings (SSSR count). The first-order valence-electron chi connectivity index (χ1n) is 9.74. The van der Waals surface area contributed by atoms with Crippen LogP contribution in [-0.4, -0.2) is 35.0 Å². The van der Waals surface area contributed by atoms with Crippen LogP contribution in [0.3, 0.4) is 0 Å². The molecule has 1 fully saturated rings. The summed E-state index contributed by atoms with van der Waals surface area (Å²) in [5.41, 5.74) is 4.89. The van der Waals surface area contributed by atoms with Gasteiger partial charge in [0.25, 0.3) is 0 Å². The van der Waals surface area contributed by atoms with Crippen molar-refractivity contribution in [1.29, 1.82) is 5.26 Å². The molecule has 1 saturated heterocycles. The second-order valence-corrected chi connectivity index (χ2v) is 6.84. The van der Waals surface area contributed by atoms with E-state index >= 15 is 0 Å². The normalized spacial score (nSPS) is 21.2. The van der Waals surface area contributed by atoms with Gasteiger partial charge < -0.3 is 19.9 Å². The quantitative estimate of drug-likeness (QED) is 0.475. The molecule has 0 aromatic carbocycles. The Morgan fingerprint density at radius 2 is 2.11 bits per heavy atom. The molecule has 0 spiro atoms. The van der Waals surface area contributed by atoms with Gasteiger partial charge >= 0.3 is 11.8 Å². The number of anilines is 1. The highest BCUT2D eigenvalue weighted by Crippen LogP contribution is 2.33. The Balaban J connectivity index is 1.73. The smallest absolute Gasteiger partial charge is 0.434 e. The highest BCUT2D eigenvalue weighted by molar-refractivity contribution is 5.59. The molecule has 0 amide bonds. The number of nitrogens with zero attached hydrogens (tertiary/aromatic N) is 3. The van der Waals surface area contributed by atoms with E-state index in [1.807, 2.05) is 0 Å². The minimum absolute atomic E-state index is 0.0405. The van der Waals surface area contributed by atoms with Gasteiger partial charge in [-0.2, -0.15) is 10.2 Å². The van der Waals surface area contributed by atoms with Crippen LogP contribution in [0.25, 0.3) is 0 Å². The molecule has 28 heavy (non-hydrogen) atoms. The molecule has 9 nitrogen and oxygen atoms in total. The lowest BCUT2D eigenvalue weighted by Gasteiger charge is -2.17. The number of ether oxygens (including phenoxy) is 3. The molecular formula is C19H28N4O5. The van der Waals surface area contributed by atoms with Crippen molar-refractivity contribution in [2.75, 3.05) is 18.9 Å². The number of carbonyl (C=O) groups excluding carboxylic acids is 1. The van der Waals surface area contributed by atoms with E-state index in [0.717, 1.165) is 19.3 Å². The molecule has 1 aliphatic rings. The fourth-order valence-electron chi connectivity index (χ4n) is 3.09. The average Bonchev–Trinajstić information content (AvgIpc) is 3.08. The zero-order chi connectivity index (χ0) is 20.4. The summed E-state index contributed by atoms with van der Waals surface area (Å²) in [7, 11) is 0. The van der Waals surface area contributed by atoms with Crippen molar-refractivity contribution in [3.8, 4) is 6.07 Å². The summed E-state index contributed by atoms with van der Waals surface area (Å²) >= 11 is 0. The van der Waals surface area contributed by atoms with Gasteiger partial charge in [-0.25, -0.2) is 9.59 Å². The van der Waals surface area contributed by atoms with Crippen LogP contribution in [0.5, 0.6) is 0 Å². The SMILES string of the molecule is CCCCCCCCOC(=O)OC[C@@H]1C[C@H](C#N)[C@H](n2ccc(N)nc2=O)O1. The van der Waals surface area contributed by atoms with Gasteiger partial charge in [0, 0.05) is 6.20 Å². The molecule has 154 valence electrons. The lowest BCUT2D eigenvalue weighted by Crippen LogP contribution is -2.30. The molecule has 9 heteroatoms. The van der Waals surface area contributed by atoms with Crippen LogP contribution in [0.4, 0.5) is 10.6 Å². The van der Waals surface area contributed by atoms with Crippen LogP contribution in [-0.2, 0) is 14.2 Å². The van der Waals surface area contributed by atoms with E-state index < -0.39 is 30.1 Å². The highest BCUT2D eigenvalue weighted by atomic mass is 16.7. The third kappa shape index (κ3) is 6.53. The first-order chi connectivity index (χ1) is 13.5. The summed E-state index contributed by atoms with van der Waals surface area (Å²) < 4.78 is 17.1. The molecule has 0 aliphatic carbocycles. The topological polar surface area (TPSA) is 129 Å². The van der Waals surface area contributed by atoms with Crippen LogP contribution in [0.2, 0.25) is 0 Å². The minimum atomic E-state index is -0.793. The zero-order valence-electron chi connectivity index (χ0n) is 16.2. The Kier molecular flexibility index (Phi) is 8.75. The Labute approximate surface area is 164 Å². The molecule has 2 N–H and O–H groups in total. The Bertz CT molecular complexity index is 730. The molecule has 0 bridgehead atoms. The van der Waals surface area contributed by atoms with E-state index in [1.165, 1.54) is 36.1 Å². The standard InChI is InChI=1S/C19H28N4O5/c1-2-3-4-5-6-7-10-26-19(25)27-13-15-11-14(12-20)17(28-15)23-9-8-16(21)22-18(23)24/h8-9,14-15,17H,2-7,10-11,13H2,1H3,(H2,21,22,24)/t14-,15+,17-/m1/s1. The number of hydrogen-bond acceptors (Lipinski definition) is 8. The van der Waals surface area contributed by atoms with E-state index in [4.69, 9.17) is 19.9 Å². The maximum absolute atomic E-state index is 12.0. The summed E-state index contributed by atoms with van der Waals surface area (Å²) in [6.07, 6.45) is 6.34. The predicted octanol–water partition coefficient (Wildman–Crippen LogP) is 2.77. The summed E-state index contributed by atoms with van der Waals surface area (Å²) in [5.74, 6) is -0.461. The fraction of sp³-hybridized carbons (Fsp3) is 0.684. The van der Waals surface area contributed by atoms with Gasteiger partial charge in [-0.3, -0.25) is 4.57 Å². The molecule has 2 heterocycles. The minimum Gasteiger partial charge on any atom is -0.434 e. The van der Waals surface area contributed by atoms with E-state index in [9.17, 15) is 14.9 Å². The number of unbranched alkanes of at least 4 members (excludes halogenated alkanes) is 5. The maximum atomic E-state index is 12.0. The van der Waals surface area contributed by atoms with Crippen LogP contribution in [0.15, 0.2) is 17.1 Å². The average molecular weight is 392 g/mol. The Morgan fingerprint density at radius 3 is 2.82 bits per heavy atom. The molecule has 1 aliphatic heterocycles. The molecule has 0 saturated carbocycles. The van der Waals surface area contributed by atoms with Gasteiger partial charge in [-0.1, -0.05) is 39.0 Å². The number of nitriles is 1. The van der Waals surface area contributed by atoms with Crippen molar-refractivity contribution < 1.29 is 19.0 Å². The van der Waals surface area contributed by atoms with Crippen molar-refractivity contribution in [2.45, 2.75) is 64.2 Å². The van der Waals surface area contributed by atoms with Gasteiger partial charge in [-0.15, -0.1) is 0 Å². The van der Waals surface area contributed by atoms with E-state index in [2.05, 4.69) is 18.0 Å². The lowest BCUT2D eigenvalue weighted by molar-refractivity contribution is -0.0441. The van der Waals surface area contributed by atoms with E-state index in [1.54, 1.807) is 0 Å². The van der Waals surface area contributed by atoms with Crippen molar-refractivity contribution in [2.24, 2.45) is 5.92 Å².